The molecule has 1 rings (SSSR count). The summed E-state index contributed by atoms with van der Waals surface area (Å²) in [5, 5.41) is 14.6. The molecule has 2 amide bonds. The highest BCUT2D eigenvalue weighted by atomic mass is 19.1. The van der Waals surface area contributed by atoms with Crippen LogP contribution in [0.5, 0.6) is 5.75 Å². The number of amides is 2. The minimum Gasteiger partial charge on any atom is -0.491 e. The number of hydrogen-bond donors (Lipinski definition) is 3. The van der Waals surface area contributed by atoms with Gasteiger partial charge in [-0.05, 0) is 25.5 Å². The maximum absolute atomic E-state index is 12.0. The zero-order valence-corrected chi connectivity index (χ0v) is 11.8. The fraction of sp³-hybridized carbons (Fsp3) is 0.500. The smallest absolute Gasteiger partial charge is 0.319 e. The van der Waals surface area contributed by atoms with Gasteiger partial charge in [0.1, 0.15) is 19.0 Å². The van der Waals surface area contributed by atoms with E-state index >= 15 is 0 Å². The summed E-state index contributed by atoms with van der Waals surface area (Å²) in [6, 6.07) is 6.28. The summed E-state index contributed by atoms with van der Waals surface area (Å²) in [6.45, 7) is 2.91. The summed E-state index contributed by atoms with van der Waals surface area (Å²) < 4.78 is 17.2. The molecule has 1 atom stereocenters. The molecule has 5 nitrogen and oxygen atoms in total. The van der Waals surface area contributed by atoms with E-state index in [9.17, 15) is 14.3 Å². The first-order valence-electron chi connectivity index (χ1n) is 6.52. The lowest BCUT2D eigenvalue weighted by Gasteiger charge is -2.27. The van der Waals surface area contributed by atoms with Crippen molar-refractivity contribution in [1.29, 1.82) is 0 Å². The molecule has 0 aromatic heterocycles. The molecule has 1 aromatic carbocycles. The van der Waals surface area contributed by atoms with Gasteiger partial charge in [-0.2, -0.15) is 0 Å². The molecule has 6 heteroatoms. The summed E-state index contributed by atoms with van der Waals surface area (Å²) in [6.07, 6.45) is 0.608. The second-order valence-electron chi connectivity index (χ2n) is 4.72. The van der Waals surface area contributed by atoms with Crippen molar-refractivity contribution < 1.29 is 19.0 Å². The van der Waals surface area contributed by atoms with Crippen molar-refractivity contribution in [3.8, 4) is 5.75 Å². The van der Waals surface area contributed by atoms with E-state index < -0.39 is 18.2 Å². The fourth-order valence-electron chi connectivity index (χ4n) is 1.50. The summed E-state index contributed by atoms with van der Waals surface area (Å²) in [4.78, 5) is 11.8. The summed E-state index contributed by atoms with van der Waals surface area (Å²) in [7, 11) is 0. The average molecular weight is 284 g/mol. The number of ether oxygens (including phenoxy) is 1. The summed E-state index contributed by atoms with van der Waals surface area (Å²) in [5.74, 6) is 0.487. The van der Waals surface area contributed by atoms with Crippen molar-refractivity contribution in [3.05, 3.63) is 24.3 Å². The van der Waals surface area contributed by atoms with Gasteiger partial charge in [0.25, 0.3) is 0 Å². The molecular weight excluding hydrogens is 263 g/mol. The van der Waals surface area contributed by atoms with Crippen LogP contribution in [0.1, 0.15) is 20.3 Å². The molecule has 0 spiro atoms. The molecule has 20 heavy (non-hydrogen) atoms. The number of aliphatic hydroxyl groups excluding tert-OH is 1. The van der Waals surface area contributed by atoms with Crippen molar-refractivity contribution in [1.82, 2.24) is 5.32 Å². The molecule has 0 aliphatic rings. The van der Waals surface area contributed by atoms with E-state index in [1.807, 2.05) is 6.92 Å². The minimum absolute atomic E-state index is 0.0198. The number of benzene rings is 1. The van der Waals surface area contributed by atoms with E-state index in [1.165, 1.54) is 0 Å². The van der Waals surface area contributed by atoms with Crippen LogP contribution in [0.2, 0.25) is 0 Å². The van der Waals surface area contributed by atoms with Crippen molar-refractivity contribution in [2.75, 3.05) is 25.2 Å². The first-order chi connectivity index (χ1) is 9.53. The molecule has 0 aliphatic carbocycles. The second kappa shape index (κ2) is 7.69. The molecule has 0 bridgehead atoms. The Bertz CT molecular complexity index is 436. The van der Waals surface area contributed by atoms with Crippen molar-refractivity contribution in [2.45, 2.75) is 25.8 Å². The Hall–Kier alpha value is -1.82. The lowest BCUT2D eigenvalue weighted by Crippen LogP contribution is -2.50. The van der Waals surface area contributed by atoms with Crippen LogP contribution in [0.3, 0.4) is 0 Å². The number of urea groups is 1. The lowest BCUT2D eigenvalue weighted by molar-refractivity contribution is 0.172. The Morgan fingerprint density at radius 1 is 1.50 bits per heavy atom. The first-order valence-corrected chi connectivity index (χ1v) is 6.52. The van der Waals surface area contributed by atoms with Crippen LogP contribution in [0.25, 0.3) is 0 Å². The second-order valence-corrected chi connectivity index (χ2v) is 4.72. The molecule has 112 valence electrons. The zero-order valence-electron chi connectivity index (χ0n) is 11.8. The van der Waals surface area contributed by atoms with E-state index in [0.717, 1.165) is 0 Å². The van der Waals surface area contributed by atoms with Crippen LogP contribution in [0.15, 0.2) is 24.3 Å². The Balaban J connectivity index is 2.61. The number of anilines is 1. The van der Waals surface area contributed by atoms with E-state index in [-0.39, 0.29) is 13.2 Å². The topological polar surface area (TPSA) is 70.6 Å². The summed E-state index contributed by atoms with van der Waals surface area (Å²) in [5.41, 5.74) is -0.123. The van der Waals surface area contributed by atoms with Gasteiger partial charge in [0.05, 0.1) is 12.1 Å². The number of nitrogens with one attached hydrogen (secondary N) is 2. The number of hydrogen-bond acceptors (Lipinski definition) is 3. The SMILES string of the molecule is CCC(C)(CO)NC(=O)Nc1cccc(OCCF)c1. The highest BCUT2D eigenvalue weighted by Crippen LogP contribution is 2.17. The highest BCUT2D eigenvalue weighted by molar-refractivity contribution is 5.89. The predicted octanol–water partition coefficient (Wildman–Crippen LogP) is 2.32. The molecule has 0 fully saturated rings. The summed E-state index contributed by atoms with van der Waals surface area (Å²) >= 11 is 0. The van der Waals surface area contributed by atoms with Gasteiger partial charge in [0, 0.05) is 11.8 Å². The Kier molecular flexibility index (Phi) is 6.24. The Morgan fingerprint density at radius 2 is 2.25 bits per heavy atom. The van der Waals surface area contributed by atoms with Crippen LogP contribution < -0.4 is 15.4 Å². The van der Waals surface area contributed by atoms with Gasteiger partial charge in [-0.15, -0.1) is 0 Å². The largest absolute Gasteiger partial charge is 0.491 e. The third-order valence-electron chi connectivity index (χ3n) is 2.98. The number of carbonyl (C=O) groups is 1. The zero-order chi connectivity index (χ0) is 15.0. The van der Waals surface area contributed by atoms with Gasteiger partial charge >= 0.3 is 6.03 Å². The molecule has 0 aliphatic heterocycles. The third kappa shape index (κ3) is 5.05. The van der Waals surface area contributed by atoms with Crippen LogP contribution in [0.4, 0.5) is 14.9 Å². The fourth-order valence-corrected chi connectivity index (χ4v) is 1.50. The van der Waals surface area contributed by atoms with E-state index in [4.69, 9.17) is 4.74 Å². The molecule has 1 aromatic rings. The van der Waals surface area contributed by atoms with Gasteiger partial charge in [0.15, 0.2) is 0 Å². The standard InChI is InChI=1S/C14H21FN2O3/c1-3-14(2,10-18)17-13(19)16-11-5-4-6-12(9-11)20-8-7-15/h4-6,9,18H,3,7-8,10H2,1-2H3,(H2,16,17,19). The molecule has 0 heterocycles. The normalized spacial score (nSPS) is 13.4. The number of aliphatic hydroxyl groups is 1. The van der Waals surface area contributed by atoms with Gasteiger partial charge in [-0.25, -0.2) is 9.18 Å². The molecule has 3 N–H and O–H groups in total. The Morgan fingerprint density at radius 3 is 2.85 bits per heavy atom. The third-order valence-corrected chi connectivity index (χ3v) is 2.98. The van der Waals surface area contributed by atoms with Gasteiger partial charge in [-0.1, -0.05) is 13.0 Å². The van der Waals surface area contributed by atoms with Gasteiger partial charge in [-0.3, -0.25) is 0 Å². The van der Waals surface area contributed by atoms with Crippen molar-refractivity contribution in [3.63, 3.8) is 0 Å². The predicted molar refractivity (Wildman–Crippen MR) is 75.8 cm³/mol. The maximum atomic E-state index is 12.0. The molecule has 0 radical (unpaired) electrons. The van der Waals surface area contributed by atoms with Crippen LogP contribution in [-0.2, 0) is 0 Å². The maximum Gasteiger partial charge on any atom is 0.319 e. The molecule has 0 saturated carbocycles. The number of rotatable bonds is 7. The molecule has 0 saturated heterocycles. The minimum atomic E-state index is -0.660. The molecular formula is C14H21FN2O3. The Labute approximate surface area is 118 Å². The molecule has 1 unspecified atom stereocenters. The van der Waals surface area contributed by atoms with Crippen LogP contribution in [-0.4, -0.2) is 36.6 Å². The first kappa shape index (κ1) is 16.2. The van der Waals surface area contributed by atoms with Gasteiger partial charge < -0.3 is 20.5 Å². The lowest BCUT2D eigenvalue weighted by atomic mass is 10.0. The number of carbonyl (C=O) groups excluding carboxylic acids is 1. The van der Waals surface area contributed by atoms with E-state index in [2.05, 4.69) is 10.6 Å². The average Bonchev–Trinajstić information content (AvgIpc) is 2.45. The quantitative estimate of drug-likeness (QED) is 0.719. The van der Waals surface area contributed by atoms with Crippen molar-refractivity contribution >= 4 is 11.7 Å². The van der Waals surface area contributed by atoms with Crippen molar-refractivity contribution in [2.24, 2.45) is 0 Å². The van der Waals surface area contributed by atoms with E-state index in [0.29, 0.717) is 17.9 Å². The monoisotopic (exact) mass is 284 g/mol. The van der Waals surface area contributed by atoms with Crippen LogP contribution >= 0.6 is 0 Å². The van der Waals surface area contributed by atoms with Gasteiger partial charge in [0.2, 0.25) is 0 Å². The van der Waals surface area contributed by atoms with E-state index in [1.54, 1.807) is 31.2 Å². The number of halogens is 1. The van der Waals surface area contributed by atoms with Crippen LogP contribution in [0, 0.1) is 0 Å². The highest BCUT2D eigenvalue weighted by Gasteiger charge is 2.23. The number of alkyl halides is 1.